The minimum atomic E-state index is -0.335. The smallest absolute Gasteiger partial charge is 0.370 e. The minimum absolute atomic E-state index is 0. The van der Waals surface area contributed by atoms with E-state index >= 15 is 0 Å². The number of hydrogen-bond acceptors (Lipinski definition) is 2. The molecule has 4 heteroatoms. The van der Waals surface area contributed by atoms with Crippen LogP contribution < -0.4 is 51.4 Å². The van der Waals surface area contributed by atoms with Crippen molar-refractivity contribution in [2.45, 2.75) is 40.0 Å². The van der Waals surface area contributed by atoms with Gasteiger partial charge < -0.3 is 19.8 Å². The third kappa shape index (κ3) is 9.74. The molecular formula is C15H23KNO2-. The average molecular weight is 288 g/mol. The van der Waals surface area contributed by atoms with E-state index in [4.69, 9.17) is 0 Å². The van der Waals surface area contributed by atoms with Crippen molar-refractivity contribution in [3.63, 3.8) is 0 Å². The first-order valence-electron chi connectivity index (χ1n) is 6.34. The van der Waals surface area contributed by atoms with Crippen molar-refractivity contribution in [3.8, 4) is 0 Å². The van der Waals surface area contributed by atoms with E-state index in [1.54, 1.807) is 12.1 Å². The van der Waals surface area contributed by atoms with Gasteiger partial charge in [0.1, 0.15) is 0 Å². The molecule has 0 spiro atoms. The fraction of sp³-hybridized carbons (Fsp3) is 0.467. The monoisotopic (exact) mass is 288 g/mol. The molecule has 0 amide bonds. The van der Waals surface area contributed by atoms with Crippen molar-refractivity contribution in [3.05, 3.63) is 53.3 Å². The van der Waals surface area contributed by atoms with Gasteiger partial charge in [0.15, 0.2) is 0 Å². The molecule has 0 aliphatic heterocycles. The van der Waals surface area contributed by atoms with Crippen molar-refractivity contribution in [2.75, 3.05) is 0 Å². The number of benzene rings is 1. The molecule has 0 N–H and O–H groups in total. The molecule has 3 nitrogen and oxygen atoms in total. The fourth-order valence-electron chi connectivity index (χ4n) is 1.57. The molecule has 19 heavy (non-hydrogen) atoms. The summed E-state index contributed by atoms with van der Waals surface area (Å²) in [6.07, 6.45) is 2.88. The minimum Gasteiger partial charge on any atom is -0.370 e. The molecule has 0 aromatic heterocycles. The summed E-state index contributed by atoms with van der Waals surface area (Å²) in [5, 5.41) is 10.6. The van der Waals surface area contributed by atoms with Crippen LogP contribution in [-0.2, 0) is 12.8 Å². The summed E-state index contributed by atoms with van der Waals surface area (Å²) < 4.78 is 0. The molecule has 0 unspecified atom stereocenters. The van der Waals surface area contributed by atoms with E-state index in [1.807, 2.05) is 13.0 Å². The molecule has 0 aliphatic rings. The Balaban J connectivity index is 0. The quantitative estimate of drug-likeness (QED) is 0.364. The molecular weight excluding hydrogens is 265 g/mol. The van der Waals surface area contributed by atoms with Gasteiger partial charge in [-0.3, -0.25) is 10.1 Å². The molecule has 0 bridgehead atoms. The molecule has 1 rings (SSSR count). The molecule has 0 aliphatic carbocycles. The molecule has 0 atom stereocenters. The van der Waals surface area contributed by atoms with Gasteiger partial charge >= 0.3 is 51.4 Å². The Bertz CT molecular complexity index is 376. The van der Waals surface area contributed by atoms with E-state index in [9.17, 15) is 10.1 Å². The van der Waals surface area contributed by atoms with Crippen LogP contribution in [0.25, 0.3) is 0 Å². The normalized spacial score (nSPS) is 9.37. The van der Waals surface area contributed by atoms with Gasteiger partial charge in [-0.25, -0.2) is 0 Å². The Hall–Kier alpha value is 0.256. The predicted octanol–water partition coefficient (Wildman–Crippen LogP) is 1.40. The number of aryl methyl sites for hydroxylation is 2. The van der Waals surface area contributed by atoms with Gasteiger partial charge in [-0.2, -0.15) is 0 Å². The van der Waals surface area contributed by atoms with Gasteiger partial charge in [0, 0.05) is 12.1 Å². The van der Waals surface area contributed by atoms with Gasteiger partial charge in [-0.15, -0.1) is 6.92 Å². The van der Waals surface area contributed by atoms with Crippen LogP contribution in [0.3, 0.4) is 0 Å². The van der Waals surface area contributed by atoms with E-state index in [1.165, 1.54) is 5.56 Å². The summed E-state index contributed by atoms with van der Waals surface area (Å²) in [7, 11) is 0. The second-order valence-corrected chi connectivity index (χ2v) is 4.42. The first kappa shape index (κ1) is 21.6. The van der Waals surface area contributed by atoms with Crippen LogP contribution in [0.4, 0.5) is 5.69 Å². The third-order valence-corrected chi connectivity index (χ3v) is 2.30. The first-order valence-corrected chi connectivity index (χ1v) is 6.34. The van der Waals surface area contributed by atoms with Gasteiger partial charge in [0.2, 0.25) is 0 Å². The largest absolute Gasteiger partial charge is 1.00 e. The van der Waals surface area contributed by atoms with Crippen LogP contribution in [0.2, 0.25) is 0 Å². The van der Waals surface area contributed by atoms with E-state index in [2.05, 4.69) is 27.7 Å². The van der Waals surface area contributed by atoms with Crippen LogP contribution in [0.1, 0.15) is 38.3 Å². The van der Waals surface area contributed by atoms with Crippen LogP contribution in [0.15, 0.2) is 18.2 Å². The van der Waals surface area contributed by atoms with Crippen LogP contribution in [0.5, 0.6) is 0 Å². The van der Waals surface area contributed by atoms with Crippen LogP contribution in [0, 0.1) is 29.9 Å². The topological polar surface area (TPSA) is 43.1 Å². The second kappa shape index (κ2) is 12.0. The predicted molar refractivity (Wildman–Crippen MR) is 76.3 cm³/mol. The summed E-state index contributed by atoms with van der Waals surface area (Å²) in [6.45, 7) is 13.2. The Kier molecular flexibility index (Phi) is 13.6. The summed E-state index contributed by atoms with van der Waals surface area (Å²) in [5.74, 6) is 0.333. The molecule has 0 saturated carbocycles. The summed E-state index contributed by atoms with van der Waals surface area (Å²) in [5.41, 5.74) is 2.53. The maximum absolute atomic E-state index is 10.6. The number of rotatable bonds is 4. The molecule has 1 aromatic carbocycles. The molecule has 0 fully saturated rings. The van der Waals surface area contributed by atoms with E-state index < -0.39 is 0 Å². The van der Waals surface area contributed by atoms with Gasteiger partial charge in [-0.1, -0.05) is 26.3 Å². The number of nitro groups is 1. The Labute approximate surface area is 159 Å². The summed E-state index contributed by atoms with van der Waals surface area (Å²) in [6, 6.07) is 5.14. The molecule has 0 radical (unpaired) electrons. The number of hydrogen-bond donors (Lipinski definition) is 0. The zero-order chi connectivity index (χ0) is 14.1. The van der Waals surface area contributed by atoms with Crippen molar-refractivity contribution in [1.82, 2.24) is 0 Å². The first-order chi connectivity index (χ1) is 8.42. The summed E-state index contributed by atoms with van der Waals surface area (Å²) in [4.78, 5) is 10.2. The van der Waals surface area contributed by atoms with Gasteiger partial charge in [-0.05, 0) is 24.0 Å². The van der Waals surface area contributed by atoms with Gasteiger partial charge in [0.05, 0.1) is 4.92 Å². The Morgan fingerprint density at radius 2 is 1.79 bits per heavy atom. The molecule has 0 saturated heterocycles. The van der Waals surface area contributed by atoms with Crippen LogP contribution >= 0.6 is 0 Å². The molecule has 0 heterocycles. The van der Waals surface area contributed by atoms with E-state index in [0.29, 0.717) is 5.92 Å². The SMILES string of the molecule is CCCc1cc([N+](=O)[O-])ccc1CC.[CH2-]C([CH2-])C.[K+]. The Morgan fingerprint density at radius 3 is 2.16 bits per heavy atom. The standard InChI is InChI=1S/C11H15NO2.C4H8.K/c1-3-5-10-8-11(12(13)14)7-6-9(10)4-2;1-4(2)3;/h6-8H,3-5H2,1-2H3;4H,1-2H2,3H3;/q;-2;+1. The van der Waals surface area contributed by atoms with Crippen molar-refractivity contribution in [1.29, 1.82) is 0 Å². The number of nitrogens with zero attached hydrogens (tertiary/aromatic N) is 1. The number of nitro benzene ring substituents is 1. The van der Waals surface area contributed by atoms with Gasteiger partial charge in [0.25, 0.3) is 5.69 Å². The van der Waals surface area contributed by atoms with Crippen LogP contribution in [-0.4, -0.2) is 4.92 Å². The maximum Gasteiger partial charge on any atom is 1.00 e. The zero-order valence-corrected chi connectivity index (χ0v) is 15.7. The summed E-state index contributed by atoms with van der Waals surface area (Å²) >= 11 is 0. The molecule has 1 aromatic rings. The number of non-ortho nitro benzene ring substituents is 1. The van der Waals surface area contributed by atoms with Crippen molar-refractivity contribution < 1.29 is 56.3 Å². The van der Waals surface area contributed by atoms with Crippen molar-refractivity contribution in [2.24, 2.45) is 5.92 Å². The zero-order valence-electron chi connectivity index (χ0n) is 12.6. The third-order valence-electron chi connectivity index (χ3n) is 2.30. The Morgan fingerprint density at radius 1 is 1.26 bits per heavy atom. The van der Waals surface area contributed by atoms with E-state index in [0.717, 1.165) is 24.8 Å². The fourth-order valence-corrected chi connectivity index (χ4v) is 1.57. The van der Waals surface area contributed by atoms with Crippen molar-refractivity contribution >= 4 is 5.69 Å². The molecule has 102 valence electrons. The average Bonchev–Trinajstić information content (AvgIpc) is 2.28. The van der Waals surface area contributed by atoms with E-state index in [-0.39, 0.29) is 62.0 Å². The maximum atomic E-state index is 10.6. The second-order valence-electron chi connectivity index (χ2n) is 4.42.